The van der Waals surface area contributed by atoms with E-state index in [1.54, 1.807) is 18.4 Å². The lowest BCUT2D eigenvalue weighted by Crippen LogP contribution is -2.37. The van der Waals surface area contributed by atoms with Crippen molar-refractivity contribution < 1.29 is 14.9 Å². The quantitative estimate of drug-likeness (QED) is 0.468. The molecule has 0 amide bonds. The maximum atomic E-state index is 10.7. The van der Waals surface area contributed by atoms with Crippen molar-refractivity contribution in [1.82, 2.24) is 14.5 Å². The van der Waals surface area contributed by atoms with Gasteiger partial charge in [-0.25, -0.2) is 9.97 Å². The largest absolute Gasteiger partial charge is 0.387 e. The highest BCUT2D eigenvalue weighted by Crippen LogP contribution is 2.42. The van der Waals surface area contributed by atoms with Gasteiger partial charge >= 0.3 is 0 Å². The van der Waals surface area contributed by atoms with Gasteiger partial charge in [0.1, 0.15) is 30.0 Å². The first-order chi connectivity index (χ1) is 15.0. The predicted octanol–water partition coefficient (Wildman–Crippen LogP) is 3.87. The van der Waals surface area contributed by atoms with Gasteiger partial charge in [-0.15, -0.1) is 0 Å². The molecule has 7 heteroatoms. The number of anilines is 2. The Morgan fingerprint density at radius 1 is 0.968 bits per heavy atom. The summed E-state index contributed by atoms with van der Waals surface area (Å²) in [7, 11) is 0. The molecule has 0 unspecified atom stereocenters. The number of para-hydroxylation sites is 1. The minimum atomic E-state index is -1.09. The fraction of sp³-hybridized carbons (Fsp3) is 0.250. The molecule has 1 fully saturated rings. The Morgan fingerprint density at radius 2 is 1.65 bits per heavy atom. The molecule has 0 spiro atoms. The highest BCUT2D eigenvalue weighted by Gasteiger charge is 2.49. The predicted molar refractivity (Wildman–Crippen MR) is 119 cm³/mol. The van der Waals surface area contributed by atoms with E-state index in [1.165, 1.54) is 6.33 Å². The SMILES string of the molecule is CC1(C)O[C@@H](n2cc(-c3ccccc3)c3c(Nc4ccccc4)ncnc32)[C@H](O)[C@@H]1O. The summed E-state index contributed by atoms with van der Waals surface area (Å²) >= 11 is 0. The number of benzene rings is 2. The molecule has 3 atom stereocenters. The maximum absolute atomic E-state index is 10.7. The molecule has 0 bridgehead atoms. The highest BCUT2D eigenvalue weighted by molar-refractivity contribution is 6.02. The molecule has 0 saturated carbocycles. The van der Waals surface area contributed by atoms with Gasteiger partial charge in [0.05, 0.1) is 11.0 Å². The molecule has 2 aromatic heterocycles. The zero-order chi connectivity index (χ0) is 21.6. The van der Waals surface area contributed by atoms with Crippen LogP contribution >= 0.6 is 0 Å². The number of aromatic nitrogens is 3. The number of nitrogens with one attached hydrogen (secondary N) is 1. The molecule has 5 rings (SSSR count). The normalized spacial score (nSPS) is 22.6. The van der Waals surface area contributed by atoms with Crippen molar-refractivity contribution in [3.05, 3.63) is 73.2 Å². The average Bonchev–Trinajstić information content (AvgIpc) is 3.27. The first-order valence-corrected chi connectivity index (χ1v) is 10.2. The minimum absolute atomic E-state index is 0.612. The van der Waals surface area contributed by atoms with Crippen LogP contribution in [0.2, 0.25) is 0 Å². The third-order valence-electron chi connectivity index (χ3n) is 5.76. The number of rotatable bonds is 4. The topological polar surface area (TPSA) is 92.4 Å². The van der Waals surface area contributed by atoms with Crippen LogP contribution in [0.4, 0.5) is 11.5 Å². The van der Waals surface area contributed by atoms with E-state index < -0.39 is 24.0 Å². The Hall–Kier alpha value is -3.26. The molecule has 1 aliphatic rings. The molecule has 1 saturated heterocycles. The minimum Gasteiger partial charge on any atom is -0.387 e. The third-order valence-corrected chi connectivity index (χ3v) is 5.76. The van der Waals surface area contributed by atoms with Crippen molar-refractivity contribution in [2.75, 3.05) is 5.32 Å². The zero-order valence-electron chi connectivity index (χ0n) is 17.3. The van der Waals surface area contributed by atoms with Crippen molar-refractivity contribution in [3.8, 4) is 11.1 Å². The first-order valence-electron chi connectivity index (χ1n) is 10.2. The lowest BCUT2D eigenvalue weighted by atomic mass is 10.0. The second-order valence-electron chi connectivity index (χ2n) is 8.28. The summed E-state index contributed by atoms with van der Waals surface area (Å²) in [6, 6.07) is 19.7. The molecule has 1 aliphatic heterocycles. The van der Waals surface area contributed by atoms with Crippen LogP contribution in [0, 0.1) is 0 Å². The number of nitrogens with zero attached hydrogens (tertiary/aromatic N) is 3. The molecule has 3 N–H and O–H groups in total. The molecular weight excluding hydrogens is 392 g/mol. The Bertz CT molecular complexity index is 1210. The first kappa shape index (κ1) is 19.7. The van der Waals surface area contributed by atoms with Gasteiger partial charge in [0.2, 0.25) is 0 Å². The second kappa shape index (κ2) is 7.46. The summed E-state index contributed by atoms with van der Waals surface area (Å²) in [5.41, 5.74) is 2.53. The number of aliphatic hydroxyl groups is 2. The van der Waals surface area contributed by atoms with E-state index in [0.29, 0.717) is 11.5 Å². The Balaban J connectivity index is 1.71. The zero-order valence-corrected chi connectivity index (χ0v) is 17.3. The molecule has 7 nitrogen and oxygen atoms in total. The lowest BCUT2D eigenvalue weighted by Gasteiger charge is -2.21. The lowest BCUT2D eigenvalue weighted by molar-refractivity contribution is -0.0799. The van der Waals surface area contributed by atoms with Gasteiger partial charge in [-0.05, 0) is 31.5 Å². The molecule has 0 aliphatic carbocycles. The summed E-state index contributed by atoms with van der Waals surface area (Å²) in [5, 5.41) is 25.4. The van der Waals surface area contributed by atoms with Gasteiger partial charge in [0.25, 0.3) is 0 Å². The summed E-state index contributed by atoms with van der Waals surface area (Å²) in [5.74, 6) is 0.654. The second-order valence-corrected chi connectivity index (χ2v) is 8.28. The fourth-order valence-electron chi connectivity index (χ4n) is 4.11. The van der Waals surface area contributed by atoms with Crippen molar-refractivity contribution in [2.24, 2.45) is 0 Å². The number of ether oxygens (including phenoxy) is 1. The van der Waals surface area contributed by atoms with Gasteiger partial charge < -0.3 is 24.8 Å². The van der Waals surface area contributed by atoms with Crippen LogP contribution in [0.3, 0.4) is 0 Å². The Labute approximate surface area is 180 Å². The summed E-state index contributed by atoms with van der Waals surface area (Å²) in [6.45, 7) is 3.53. The molecule has 0 radical (unpaired) electrons. The van der Waals surface area contributed by atoms with Crippen LogP contribution in [-0.2, 0) is 4.74 Å². The number of fused-ring (bicyclic) bond motifs is 1. The van der Waals surface area contributed by atoms with Crippen LogP contribution < -0.4 is 5.32 Å². The molecule has 158 valence electrons. The number of hydrogen-bond donors (Lipinski definition) is 3. The van der Waals surface area contributed by atoms with E-state index in [0.717, 1.165) is 22.2 Å². The van der Waals surface area contributed by atoms with Crippen molar-refractivity contribution in [3.63, 3.8) is 0 Å². The summed E-state index contributed by atoms with van der Waals surface area (Å²) in [6.07, 6.45) is 0.521. The molecular formula is C24H24N4O3. The van der Waals surface area contributed by atoms with Gasteiger partial charge in [-0.1, -0.05) is 48.5 Å². The smallest absolute Gasteiger partial charge is 0.164 e. The molecule has 31 heavy (non-hydrogen) atoms. The number of aliphatic hydroxyl groups excluding tert-OH is 2. The van der Waals surface area contributed by atoms with Crippen LogP contribution in [0.25, 0.3) is 22.2 Å². The van der Waals surface area contributed by atoms with E-state index in [9.17, 15) is 10.2 Å². The van der Waals surface area contributed by atoms with E-state index in [4.69, 9.17) is 4.74 Å². The molecule has 4 aromatic rings. The van der Waals surface area contributed by atoms with E-state index in [1.807, 2.05) is 66.9 Å². The van der Waals surface area contributed by atoms with E-state index in [-0.39, 0.29) is 0 Å². The van der Waals surface area contributed by atoms with Crippen LogP contribution in [-0.4, -0.2) is 42.6 Å². The molecule has 2 aromatic carbocycles. The molecule has 3 heterocycles. The van der Waals surface area contributed by atoms with Crippen molar-refractivity contribution >= 4 is 22.5 Å². The van der Waals surface area contributed by atoms with Crippen LogP contribution in [0.1, 0.15) is 20.1 Å². The Morgan fingerprint density at radius 3 is 2.29 bits per heavy atom. The van der Waals surface area contributed by atoms with Gasteiger partial charge in [0.15, 0.2) is 6.23 Å². The fourth-order valence-corrected chi connectivity index (χ4v) is 4.11. The Kier molecular flexibility index (Phi) is 4.74. The third kappa shape index (κ3) is 3.37. The maximum Gasteiger partial charge on any atom is 0.164 e. The highest BCUT2D eigenvalue weighted by atomic mass is 16.6. The number of hydrogen-bond acceptors (Lipinski definition) is 6. The van der Waals surface area contributed by atoms with E-state index in [2.05, 4.69) is 15.3 Å². The monoisotopic (exact) mass is 416 g/mol. The van der Waals surface area contributed by atoms with E-state index >= 15 is 0 Å². The van der Waals surface area contributed by atoms with Gasteiger partial charge in [0, 0.05) is 17.4 Å². The van der Waals surface area contributed by atoms with Crippen LogP contribution in [0.5, 0.6) is 0 Å². The average molecular weight is 416 g/mol. The summed E-state index contributed by atoms with van der Waals surface area (Å²) in [4.78, 5) is 9.02. The van der Waals surface area contributed by atoms with Crippen LogP contribution in [0.15, 0.2) is 73.2 Å². The summed E-state index contributed by atoms with van der Waals surface area (Å²) < 4.78 is 7.85. The van der Waals surface area contributed by atoms with Gasteiger partial charge in [-0.3, -0.25) is 0 Å². The van der Waals surface area contributed by atoms with Gasteiger partial charge in [-0.2, -0.15) is 0 Å². The van der Waals surface area contributed by atoms with Crippen molar-refractivity contribution in [1.29, 1.82) is 0 Å². The standard InChI is InChI=1S/C24H24N4O3/c1-24(2)20(30)19(29)23(31-24)28-13-17(15-9-5-3-6-10-15)18-21(25-14-26-22(18)28)27-16-11-7-4-8-12-16/h3-14,19-20,23,29-30H,1-2H3,(H,25,26,27)/t19-,20+,23-/m1/s1. The van der Waals surface area contributed by atoms with Crippen molar-refractivity contribution in [2.45, 2.75) is 37.9 Å².